The van der Waals surface area contributed by atoms with Crippen LogP contribution in [0.5, 0.6) is 0 Å². The topological polar surface area (TPSA) is 104 Å². The Balaban J connectivity index is 3.58. The van der Waals surface area contributed by atoms with Gasteiger partial charge in [0.05, 0.1) is 4.92 Å². The molecule has 0 aromatic carbocycles. The number of hydrogen-bond donors (Lipinski definition) is 1. The zero-order valence-corrected chi connectivity index (χ0v) is 8.37. The lowest BCUT2D eigenvalue weighted by atomic mass is 10.5. The van der Waals surface area contributed by atoms with Crippen molar-refractivity contribution < 1.29 is 4.92 Å². The van der Waals surface area contributed by atoms with Gasteiger partial charge in [0.1, 0.15) is 0 Å². The monoisotopic (exact) mass is 216 g/mol. The third-order valence-corrected chi connectivity index (χ3v) is 2.35. The molecule has 1 heterocycles. The van der Waals surface area contributed by atoms with E-state index in [1.165, 1.54) is 18.8 Å². The molecule has 0 saturated carbocycles. The molecule has 0 atom stereocenters. The van der Waals surface area contributed by atoms with Crippen molar-refractivity contribution in [3.63, 3.8) is 0 Å². The Labute approximate surface area is 83.1 Å². The fourth-order valence-corrected chi connectivity index (χ4v) is 1.49. The summed E-state index contributed by atoms with van der Waals surface area (Å²) in [5.41, 5.74) is 3.87. The van der Waals surface area contributed by atoms with Crippen LogP contribution in [0.3, 0.4) is 0 Å². The van der Waals surface area contributed by atoms with E-state index in [0.717, 1.165) is 4.57 Å². The first kappa shape index (κ1) is 10.5. The number of nitrogen functional groups attached to an aromatic ring is 1. The molecule has 1 aromatic rings. The molecule has 0 amide bonds. The van der Waals surface area contributed by atoms with Crippen LogP contribution in [0.15, 0.2) is 9.95 Å². The standard InChI is InChI=1S/C6H8N4O3S/c1-9-5(11)3(10(12)13)4(7)8-6(9)14-2/h7H2,1-2H3. The van der Waals surface area contributed by atoms with Crippen LogP contribution in [-0.2, 0) is 7.05 Å². The number of nitrogens with zero attached hydrogens (tertiary/aromatic N) is 3. The van der Waals surface area contributed by atoms with E-state index in [0.29, 0.717) is 5.16 Å². The molecule has 8 heteroatoms. The predicted octanol–water partition coefficient (Wildman–Crippen LogP) is -0.00740. The summed E-state index contributed by atoms with van der Waals surface area (Å²) in [4.78, 5) is 24.8. The van der Waals surface area contributed by atoms with Gasteiger partial charge in [0, 0.05) is 7.05 Å². The molecule has 0 spiro atoms. The number of nitrogens with two attached hydrogens (primary N) is 1. The SMILES string of the molecule is CSc1nc(N)c([N+](=O)[O-])c(=O)n1C. The van der Waals surface area contributed by atoms with Crippen molar-refractivity contribution in [3.05, 3.63) is 20.5 Å². The molecule has 14 heavy (non-hydrogen) atoms. The van der Waals surface area contributed by atoms with E-state index in [1.807, 2.05) is 0 Å². The van der Waals surface area contributed by atoms with Crippen molar-refractivity contribution in [2.24, 2.45) is 7.05 Å². The Morgan fingerprint density at radius 3 is 2.64 bits per heavy atom. The van der Waals surface area contributed by atoms with Crippen LogP contribution in [0.1, 0.15) is 0 Å². The van der Waals surface area contributed by atoms with E-state index in [-0.39, 0.29) is 5.82 Å². The second kappa shape index (κ2) is 3.66. The van der Waals surface area contributed by atoms with Crippen LogP contribution in [0, 0.1) is 10.1 Å². The normalized spacial score (nSPS) is 10.1. The summed E-state index contributed by atoms with van der Waals surface area (Å²) in [6.07, 6.45) is 1.70. The van der Waals surface area contributed by atoms with E-state index in [9.17, 15) is 14.9 Å². The average Bonchev–Trinajstić information content (AvgIpc) is 2.10. The molecule has 1 aromatic heterocycles. The zero-order chi connectivity index (χ0) is 10.9. The maximum Gasteiger partial charge on any atom is 0.375 e. The summed E-state index contributed by atoms with van der Waals surface area (Å²) >= 11 is 1.19. The Kier molecular flexibility index (Phi) is 2.75. The van der Waals surface area contributed by atoms with Gasteiger partial charge in [-0.2, -0.15) is 4.98 Å². The van der Waals surface area contributed by atoms with Crippen LogP contribution >= 0.6 is 11.8 Å². The molecule has 0 bridgehead atoms. The first-order chi connectivity index (χ1) is 6.49. The summed E-state index contributed by atoms with van der Waals surface area (Å²) in [6.45, 7) is 0. The summed E-state index contributed by atoms with van der Waals surface area (Å²) in [6, 6.07) is 0. The number of hydrogen-bond acceptors (Lipinski definition) is 6. The minimum atomic E-state index is -0.825. The smallest absolute Gasteiger partial charge is 0.375 e. The molecular formula is C6H8N4O3S. The molecule has 0 aliphatic rings. The molecule has 0 saturated heterocycles. The van der Waals surface area contributed by atoms with Gasteiger partial charge in [0.15, 0.2) is 5.16 Å². The fraction of sp³-hybridized carbons (Fsp3) is 0.333. The highest BCUT2D eigenvalue weighted by atomic mass is 32.2. The zero-order valence-electron chi connectivity index (χ0n) is 7.55. The maximum absolute atomic E-state index is 11.4. The summed E-state index contributed by atoms with van der Waals surface area (Å²) < 4.78 is 1.10. The lowest BCUT2D eigenvalue weighted by molar-refractivity contribution is -0.385. The lowest BCUT2D eigenvalue weighted by Gasteiger charge is -2.04. The van der Waals surface area contributed by atoms with E-state index in [4.69, 9.17) is 5.73 Å². The second-order valence-electron chi connectivity index (χ2n) is 2.45. The van der Waals surface area contributed by atoms with Gasteiger partial charge in [-0.3, -0.25) is 19.5 Å². The summed E-state index contributed by atoms with van der Waals surface area (Å²) in [5, 5.41) is 10.8. The van der Waals surface area contributed by atoms with Gasteiger partial charge in [-0.05, 0) is 6.26 Å². The van der Waals surface area contributed by atoms with Crippen LogP contribution in [0.25, 0.3) is 0 Å². The van der Waals surface area contributed by atoms with E-state index < -0.39 is 16.2 Å². The van der Waals surface area contributed by atoms with E-state index >= 15 is 0 Å². The van der Waals surface area contributed by atoms with Crippen LogP contribution in [-0.4, -0.2) is 20.7 Å². The van der Waals surface area contributed by atoms with Crippen LogP contribution < -0.4 is 11.3 Å². The van der Waals surface area contributed by atoms with E-state index in [1.54, 1.807) is 6.26 Å². The van der Waals surface area contributed by atoms with Crippen molar-refractivity contribution >= 4 is 23.3 Å². The molecule has 2 N–H and O–H groups in total. The van der Waals surface area contributed by atoms with Crippen molar-refractivity contribution in [1.29, 1.82) is 0 Å². The molecule has 0 fully saturated rings. The minimum absolute atomic E-state index is 0.345. The first-order valence-corrected chi connectivity index (χ1v) is 4.76. The van der Waals surface area contributed by atoms with Gasteiger partial charge in [-0.15, -0.1) is 0 Å². The number of nitro groups is 1. The molecule has 0 radical (unpaired) electrons. The third-order valence-electron chi connectivity index (χ3n) is 1.62. The number of aromatic nitrogens is 2. The van der Waals surface area contributed by atoms with Crippen LogP contribution in [0.2, 0.25) is 0 Å². The molecule has 0 aliphatic carbocycles. The highest BCUT2D eigenvalue weighted by Crippen LogP contribution is 2.17. The van der Waals surface area contributed by atoms with Crippen molar-refractivity contribution in [1.82, 2.24) is 9.55 Å². The highest BCUT2D eigenvalue weighted by molar-refractivity contribution is 7.98. The fourth-order valence-electron chi connectivity index (χ4n) is 0.940. The number of anilines is 1. The molecule has 7 nitrogen and oxygen atoms in total. The molecular weight excluding hydrogens is 208 g/mol. The average molecular weight is 216 g/mol. The Morgan fingerprint density at radius 1 is 1.64 bits per heavy atom. The highest BCUT2D eigenvalue weighted by Gasteiger charge is 2.21. The van der Waals surface area contributed by atoms with E-state index in [2.05, 4.69) is 4.98 Å². The quantitative estimate of drug-likeness (QED) is 0.323. The minimum Gasteiger partial charge on any atom is -0.378 e. The van der Waals surface area contributed by atoms with Gasteiger partial charge in [0.25, 0.3) is 0 Å². The van der Waals surface area contributed by atoms with Gasteiger partial charge >= 0.3 is 11.2 Å². The van der Waals surface area contributed by atoms with Gasteiger partial charge < -0.3 is 5.73 Å². The van der Waals surface area contributed by atoms with Gasteiger partial charge in [-0.1, -0.05) is 11.8 Å². The van der Waals surface area contributed by atoms with Gasteiger partial charge in [-0.25, -0.2) is 0 Å². The summed E-state index contributed by atoms with van der Waals surface area (Å²) in [7, 11) is 1.41. The maximum atomic E-state index is 11.4. The molecule has 1 rings (SSSR count). The third kappa shape index (κ3) is 1.55. The van der Waals surface area contributed by atoms with Crippen LogP contribution in [0.4, 0.5) is 11.5 Å². The molecule has 0 aliphatic heterocycles. The Bertz CT molecular complexity index is 441. The Hall–Kier alpha value is -1.57. The number of rotatable bonds is 2. The Morgan fingerprint density at radius 2 is 2.21 bits per heavy atom. The van der Waals surface area contributed by atoms with Crippen molar-refractivity contribution in [3.8, 4) is 0 Å². The first-order valence-electron chi connectivity index (χ1n) is 3.54. The molecule has 0 unspecified atom stereocenters. The van der Waals surface area contributed by atoms with Crippen molar-refractivity contribution in [2.75, 3.05) is 12.0 Å². The second-order valence-corrected chi connectivity index (χ2v) is 3.23. The largest absolute Gasteiger partial charge is 0.378 e. The summed E-state index contributed by atoms with van der Waals surface area (Å²) in [5.74, 6) is -0.345. The predicted molar refractivity (Wildman–Crippen MR) is 52.3 cm³/mol. The number of thioether (sulfide) groups is 1. The molecule has 76 valence electrons. The van der Waals surface area contributed by atoms with Crippen molar-refractivity contribution in [2.45, 2.75) is 5.16 Å². The lowest BCUT2D eigenvalue weighted by Crippen LogP contribution is -2.24. The van der Waals surface area contributed by atoms with Gasteiger partial charge in [0.2, 0.25) is 5.82 Å².